The lowest BCUT2D eigenvalue weighted by molar-refractivity contribution is -0.143. The number of hydrogen-bond acceptors (Lipinski definition) is 4. The molecule has 140 valence electrons. The Labute approximate surface area is 151 Å². The van der Waals surface area contributed by atoms with Gasteiger partial charge in [-0.2, -0.15) is 28.5 Å². The van der Waals surface area contributed by atoms with Crippen LogP contribution in [0.4, 0.5) is 13.2 Å². The molecule has 0 aliphatic rings. The Hall–Kier alpha value is -3.17. The van der Waals surface area contributed by atoms with Gasteiger partial charge >= 0.3 is 6.18 Å². The highest BCUT2D eigenvalue weighted by Crippen LogP contribution is 2.31. The molecule has 4 aromatic heterocycles. The molecule has 0 bridgehead atoms. The van der Waals surface area contributed by atoms with Crippen LogP contribution in [0.15, 0.2) is 43.2 Å². The number of halogens is 3. The monoisotopic (exact) mass is 375 g/mol. The van der Waals surface area contributed by atoms with E-state index < -0.39 is 18.6 Å². The summed E-state index contributed by atoms with van der Waals surface area (Å²) in [7, 11) is 0. The second-order valence-electron chi connectivity index (χ2n) is 6.21. The summed E-state index contributed by atoms with van der Waals surface area (Å²) in [5.41, 5.74) is 3.39. The molecule has 0 spiro atoms. The molecule has 0 unspecified atom stereocenters. The Bertz CT molecular complexity index is 1050. The van der Waals surface area contributed by atoms with Gasteiger partial charge in [-0.05, 0) is 12.5 Å². The zero-order valence-electron chi connectivity index (χ0n) is 14.4. The number of aromatic amines is 1. The minimum absolute atomic E-state index is 0.325. The van der Waals surface area contributed by atoms with Crippen molar-refractivity contribution in [2.75, 3.05) is 0 Å². The zero-order valence-corrected chi connectivity index (χ0v) is 14.4. The first-order valence-electron chi connectivity index (χ1n) is 8.39. The van der Waals surface area contributed by atoms with Gasteiger partial charge in [-0.3, -0.25) is 9.78 Å². The summed E-state index contributed by atoms with van der Waals surface area (Å²) in [4.78, 5) is 4.66. The molecule has 0 aliphatic carbocycles. The molecule has 10 heteroatoms. The fourth-order valence-corrected chi connectivity index (χ4v) is 3.02. The topological polar surface area (TPSA) is 76.7 Å². The molecule has 0 fully saturated rings. The SMILES string of the molecule is CC[C@@H](CC(F)(F)F)n1cc(-c2nc(-c3cn[nH]c3)cn3nccc23)cn1. The van der Waals surface area contributed by atoms with Crippen LogP contribution in [0.3, 0.4) is 0 Å². The molecule has 4 rings (SSSR count). The minimum Gasteiger partial charge on any atom is -0.285 e. The van der Waals surface area contributed by atoms with Crippen molar-refractivity contribution in [2.24, 2.45) is 0 Å². The molecule has 7 nitrogen and oxygen atoms in total. The molecule has 0 aliphatic heterocycles. The van der Waals surface area contributed by atoms with Crippen molar-refractivity contribution in [2.45, 2.75) is 32.0 Å². The Morgan fingerprint density at radius 1 is 1.15 bits per heavy atom. The Balaban J connectivity index is 1.77. The molecule has 0 saturated carbocycles. The van der Waals surface area contributed by atoms with Gasteiger partial charge in [0.05, 0.1) is 54.2 Å². The predicted molar refractivity (Wildman–Crippen MR) is 91.8 cm³/mol. The Morgan fingerprint density at radius 2 is 2.00 bits per heavy atom. The van der Waals surface area contributed by atoms with Crippen molar-refractivity contribution in [1.29, 1.82) is 0 Å². The van der Waals surface area contributed by atoms with Crippen LogP contribution in [0, 0.1) is 0 Å². The van der Waals surface area contributed by atoms with Crippen molar-refractivity contribution in [1.82, 2.24) is 34.6 Å². The summed E-state index contributed by atoms with van der Waals surface area (Å²) >= 11 is 0. The molecule has 1 atom stereocenters. The fraction of sp³-hybridized carbons (Fsp3) is 0.294. The van der Waals surface area contributed by atoms with Crippen LogP contribution in [0.1, 0.15) is 25.8 Å². The molecule has 1 N–H and O–H groups in total. The van der Waals surface area contributed by atoms with Gasteiger partial charge in [0, 0.05) is 23.5 Å². The smallest absolute Gasteiger partial charge is 0.285 e. The highest BCUT2D eigenvalue weighted by molar-refractivity contribution is 5.78. The maximum atomic E-state index is 12.8. The summed E-state index contributed by atoms with van der Waals surface area (Å²) in [6, 6.07) is 1.04. The molecule has 4 heterocycles. The van der Waals surface area contributed by atoms with Gasteiger partial charge < -0.3 is 0 Å². The van der Waals surface area contributed by atoms with Gasteiger partial charge in [-0.25, -0.2) is 9.50 Å². The van der Waals surface area contributed by atoms with Crippen LogP contribution in [-0.2, 0) is 0 Å². The minimum atomic E-state index is -4.25. The van der Waals surface area contributed by atoms with Gasteiger partial charge in [-0.15, -0.1) is 0 Å². The highest BCUT2D eigenvalue weighted by Gasteiger charge is 2.32. The van der Waals surface area contributed by atoms with Gasteiger partial charge in [0.2, 0.25) is 0 Å². The van der Waals surface area contributed by atoms with E-state index in [1.54, 1.807) is 48.5 Å². The Kier molecular flexibility index (Phi) is 4.17. The van der Waals surface area contributed by atoms with Crippen molar-refractivity contribution in [3.8, 4) is 22.5 Å². The van der Waals surface area contributed by atoms with E-state index in [1.807, 2.05) is 0 Å². The van der Waals surface area contributed by atoms with Crippen molar-refractivity contribution in [3.05, 3.63) is 43.2 Å². The van der Waals surface area contributed by atoms with E-state index in [9.17, 15) is 13.2 Å². The van der Waals surface area contributed by atoms with E-state index in [4.69, 9.17) is 0 Å². The third-order valence-electron chi connectivity index (χ3n) is 4.37. The molecular weight excluding hydrogens is 359 g/mol. The van der Waals surface area contributed by atoms with Gasteiger partial charge in [0.15, 0.2) is 0 Å². The van der Waals surface area contributed by atoms with Gasteiger partial charge in [-0.1, -0.05) is 6.92 Å². The van der Waals surface area contributed by atoms with Crippen molar-refractivity contribution < 1.29 is 13.2 Å². The number of rotatable bonds is 5. The Morgan fingerprint density at radius 3 is 2.70 bits per heavy atom. The second-order valence-corrected chi connectivity index (χ2v) is 6.21. The number of alkyl halides is 3. The predicted octanol–water partition coefficient (Wildman–Crippen LogP) is 3.89. The molecule has 27 heavy (non-hydrogen) atoms. The third-order valence-corrected chi connectivity index (χ3v) is 4.37. The number of fused-ring (bicyclic) bond motifs is 1. The lowest BCUT2D eigenvalue weighted by Gasteiger charge is -2.17. The number of aromatic nitrogens is 7. The molecule has 0 amide bonds. The first-order valence-corrected chi connectivity index (χ1v) is 8.39. The fourth-order valence-electron chi connectivity index (χ4n) is 3.02. The van der Waals surface area contributed by atoms with Crippen molar-refractivity contribution in [3.63, 3.8) is 0 Å². The van der Waals surface area contributed by atoms with Crippen LogP contribution in [0.5, 0.6) is 0 Å². The van der Waals surface area contributed by atoms with Crippen LogP contribution in [-0.4, -0.2) is 40.8 Å². The van der Waals surface area contributed by atoms with E-state index in [0.29, 0.717) is 23.4 Å². The van der Waals surface area contributed by atoms with E-state index in [0.717, 1.165) is 11.1 Å². The largest absolute Gasteiger partial charge is 0.391 e. The van der Waals surface area contributed by atoms with Crippen molar-refractivity contribution >= 4 is 5.52 Å². The lowest BCUT2D eigenvalue weighted by atomic mass is 10.1. The number of nitrogens with one attached hydrogen (secondary N) is 1. The van der Waals surface area contributed by atoms with E-state index in [1.165, 1.54) is 10.9 Å². The molecule has 0 saturated heterocycles. The first kappa shape index (κ1) is 17.3. The highest BCUT2D eigenvalue weighted by atomic mass is 19.4. The maximum absolute atomic E-state index is 12.8. The third kappa shape index (κ3) is 3.42. The van der Waals surface area contributed by atoms with Crippen LogP contribution in [0.2, 0.25) is 0 Å². The number of hydrogen-bond donors (Lipinski definition) is 1. The average Bonchev–Trinajstić information content (AvgIpc) is 3.38. The summed E-state index contributed by atoms with van der Waals surface area (Å²) in [6.45, 7) is 1.71. The summed E-state index contributed by atoms with van der Waals surface area (Å²) < 4.78 is 41.5. The standard InChI is InChI=1S/C17H16F3N7/c1-2-13(5-17(18,19)20)26-9-12(8-24-26)16-15-3-4-23-27(15)10-14(25-16)11-6-21-22-7-11/h3-4,6-10,13H,2,5H2,1H3,(H,21,22)/t13-/m0/s1. The van der Waals surface area contributed by atoms with Crippen LogP contribution in [0.25, 0.3) is 28.0 Å². The van der Waals surface area contributed by atoms with Crippen LogP contribution < -0.4 is 0 Å². The summed E-state index contributed by atoms with van der Waals surface area (Å²) in [5, 5.41) is 15.1. The van der Waals surface area contributed by atoms with E-state index >= 15 is 0 Å². The molecular formula is C17H16F3N7. The second kappa shape index (κ2) is 6.53. The van der Waals surface area contributed by atoms with E-state index in [-0.39, 0.29) is 0 Å². The van der Waals surface area contributed by atoms with Gasteiger partial charge in [0.25, 0.3) is 0 Å². The first-order chi connectivity index (χ1) is 12.9. The summed E-state index contributed by atoms with van der Waals surface area (Å²) in [5.74, 6) is 0. The number of nitrogens with zero attached hydrogens (tertiary/aromatic N) is 6. The van der Waals surface area contributed by atoms with Crippen LogP contribution >= 0.6 is 0 Å². The summed E-state index contributed by atoms with van der Waals surface area (Å²) in [6.07, 6.45) is 5.06. The average molecular weight is 375 g/mol. The van der Waals surface area contributed by atoms with Gasteiger partial charge in [0.1, 0.15) is 0 Å². The maximum Gasteiger partial charge on any atom is 0.391 e. The lowest BCUT2D eigenvalue weighted by Crippen LogP contribution is -2.18. The normalized spacial score (nSPS) is 13.3. The molecule has 4 aromatic rings. The zero-order chi connectivity index (χ0) is 19.0. The van der Waals surface area contributed by atoms with E-state index in [2.05, 4.69) is 25.4 Å². The molecule has 0 aromatic carbocycles. The molecule has 0 radical (unpaired) electrons. The quantitative estimate of drug-likeness (QED) is 0.574. The number of H-pyrrole nitrogens is 1.